The van der Waals surface area contributed by atoms with Crippen molar-refractivity contribution in [2.75, 3.05) is 0 Å². The maximum Gasteiger partial charge on any atom is 0.132 e. The lowest BCUT2D eigenvalue weighted by Gasteiger charge is -2.39. The van der Waals surface area contributed by atoms with Crippen molar-refractivity contribution in [3.63, 3.8) is 0 Å². The van der Waals surface area contributed by atoms with Crippen LogP contribution in [-0.2, 0) is 5.41 Å². The first-order valence-corrected chi connectivity index (χ1v) is 18.3. The van der Waals surface area contributed by atoms with Gasteiger partial charge < -0.3 is 4.74 Å². The maximum absolute atomic E-state index is 6.74. The smallest absolute Gasteiger partial charge is 0.132 e. The van der Waals surface area contributed by atoms with Gasteiger partial charge >= 0.3 is 0 Å². The van der Waals surface area contributed by atoms with Crippen molar-refractivity contribution in [2.45, 2.75) is 5.41 Å². The van der Waals surface area contributed by atoms with Gasteiger partial charge in [0.2, 0.25) is 0 Å². The number of hydrogen-bond acceptors (Lipinski definition) is 2. The van der Waals surface area contributed by atoms with E-state index in [1.54, 1.807) is 0 Å². The Bertz CT molecular complexity index is 2780. The summed E-state index contributed by atoms with van der Waals surface area (Å²) < 4.78 is 9.42. The Hall–Kier alpha value is -6.22. The van der Waals surface area contributed by atoms with Crippen molar-refractivity contribution in [1.82, 2.24) is 0 Å². The molecule has 1 aliphatic heterocycles. The van der Waals surface area contributed by atoms with Crippen LogP contribution in [0, 0.1) is 0 Å². The van der Waals surface area contributed by atoms with E-state index in [9.17, 15) is 0 Å². The normalized spacial score (nSPS) is 13.4. The van der Waals surface area contributed by atoms with Gasteiger partial charge in [0.05, 0.1) is 5.41 Å². The number of thiophene rings is 1. The Kier molecular flexibility index (Phi) is 6.11. The van der Waals surface area contributed by atoms with E-state index in [2.05, 4.69) is 182 Å². The summed E-state index contributed by atoms with van der Waals surface area (Å²) in [6.45, 7) is 0. The van der Waals surface area contributed by atoms with Crippen LogP contribution in [0.3, 0.4) is 0 Å². The van der Waals surface area contributed by atoms with Gasteiger partial charge in [-0.3, -0.25) is 0 Å². The third-order valence-corrected chi connectivity index (χ3v) is 12.2. The molecule has 1 spiro atoms. The van der Waals surface area contributed by atoms with Crippen LogP contribution in [0.15, 0.2) is 182 Å². The third kappa shape index (κ3) is 4.08. The summed E-state index contributed by atoms with van der Waals surface area (Å²) >= 11 is 1.88. The minimum Gasteiger partial charge on any atom is -0.457 e. The second-order valence-electron chi connectivity index (χ2n) is 13.6. The fourth-order valence-electron chi connectivity index (χ4n) is 8.71. The molecule has 238 valence electrons. The average Bonchev–Trinajstić information content (AvgIpc) is 3.72. The van der Waals surface area contributed by atoms with Gasteiger partial charge in [-0.15, -0.1) is 11.3 Å². The zero-order chi connectivity index (χ0) is 33.5. The van der Waals surface area contributed by atoms with Gasteiger partial charge in [-0.05, 0) is 73.8 Å². The summed E-state index contributed by atoms with van der Waals surface area (Å²) in [5.74, 6) is 1.82. The molecule has 0 radical (unpaired) electrons. The van der Waals surface area contributed by atoms with Crippen molar-refractivity contribution in [1.29, 1.82) is 0 Å². The van der Waals surface area contributed by atoms with Gasteiger partial charge in [0.15, 0.2) is 0 Å². The third-order valence-electron chi connectivity index (χ3n) is 11.0. The first-order chi connectivity index (χ1) is 25.3. The Morgan fingerprint density at radius 2 is 0.863 bits per heavy atom. The lowest BCUT2D eigenvalue weighted by molar-refractivity contribution is 0.436. The maximum atomic E-state index is 6.74. The SMILES string of the molecule is c1ccc2c(c1)Oc1cc(-c3ccc(-c4ccc(-c5cccc6c5sc5ccccc56)cc4)cc3)ccc1C21c2ccccc2-c2ccccc21. The molecule has 0 N–H and O–H groups in total. The highest BCUT2D eigenvalue weighted by Crippen LogP contribution is 2.62. The summed E-state index contributed by atoms with van der Waals surface area (Å²) in [4.78, 5) is 0. The number of fused-ring (bicyclic) bond motifs is 12. The number of rotatable bonds is 3. The van der Waals surface area contributed by atoms with Crippen LogP contribution in [0.4, 0.5) is 0 Å². The summed E-state index contributed by atoms with van der Waals surface area (Å²) in [6, 6.07) is 66.4. The summed E-state index contributed by atoms with van der Waals surface area (Å²) in [5, 5.41) is 2.66. The van der Waals surface area contributed by atoms with Crippen molar-refractivity contribution < 1.29 is 4.74 Å². The van der Waals surface area contributed by atoms with E-state index in [0.717, 1.165) is 17.1 Å². The molecule has 2 heteroatoms. The van der Waals surface area contributed by atoms with Gasteiger partial charge in [-0.25, -0.2) is 0 Å². The minimum absolute atomic E-state index is 0.436. The molecule has 0 saturated heterocycles. The van der Waals surface area contributed by atoms with Gasteiger partial charge in [0.1, 0.15) is 11.5 Å². The Balaban J connectivity index is 0.955. The molecule has 11 rings (SSSR count). The van der Waals surface area contributed by atoms with E-state index in [1.807, 2.05) is 11.3 Å². The van der Waals surface area contributed by atoms with Gasteiger partial charge in [-0.1, -0.05) is 164 Å². The molecule has 0 saturated carbocycles. The highest BCUT2D eigenvalue weighted by molar-refractivity contribution is 7.26. The fourth-order valence-corrected chi connectivity index (χ4v) is 9.95. The molecule has 0 atom stereocenters. The average molecular weight is 667 g/mol. The van der Waals surface area contributed by atoms with Gasteiger partial charge in [0.25, 0.3) is 0 Å². The summed E-state index contributed by atoms with van der Waals surface area (Å²) in [7, 11) is 0. The van der Waals surface area contributed by atoms with Crippen LogP contribution >= 0.6 is 11.3 Å². The molecule has 0 amide bonds. The fraction of sp³-hybridized carbons (Fsp3) is 0.0204. The number of para-hydroxylation sites is 1. The topological polar surface area (TPSA) is 9.23 Å². The van der Waals surface area contributed by atoms with Crippen LogP contribution in [-0.4, -0.2) is 0 Å². The molecule has 1 aliphatic carbocycles. The monoisotopic (exact) mass is 666 g/mol. The van der Waals surface area contributed by atoms with Crippen molar-refractivity contribution in [2.24, 2.45) is 0 Å². The molecular formula is C49H30OS. The molecule has 0 unspecified atom stereocenters. The molecule has 2 aliphatic rings. The Labute approximate surface area is 300 Å². The lowest BCUT2D eigenvalue weighted by Crippen LogP contribution is -2.32. The van der Waals surface area contributed by atoms with Crippen molar-refractivity contribution in [3.05, 3.63) is 204 Å². The van der Waals surface area contributed by atoms with Crippen LogP contribution < -0.4 is 4.74 Å². The molecule has 51 heavy (non-hydrogen) atoms. The quantitative estimate of drug-likeness (QED) is 0.182. The van der Waals surface area contributed by atoms with Crippen LogP contribution in [0.5, 0.6) is 11.5 Å². The first kappa shape index (κ1) is 28.6. The van der Waals surface area contributed by atoms with Crippen LogP contribution in [0.25, 0.3) is 64.7 Å². The summed E-state index contributed by atoms with van der Waals surface area (Å²) in [5.41, 5.74) is 14.4. The van der Waals surface area contributed by atoms with Gasteiger partial charge in [-0.2, -0.15) is 0 Å². The van der Waals surface area contributed by atoms with E-state index in [0.29, 0.717) is 0 Å². The van der Waals surface area contributed by atoms with Crippen molar-refractivity contribution in [3.8, 4) is 56.0 Å². The standard InChI is InChI=1S/C49H30OS/c1-4-15-41-37(10-1)38-11-2-5-16-42(38)49(41)43-17-6-7-18-45(43)50-46-30-35(28-29-44(46)49)33-22-20-31(21-23-33)32-24-26-34(27-25-32)36-13-9-14-40-39-12-3-8-19-47(39)51-48(36)40/h1-30H. The Morgan fingerprint density at radius 1 is 0.353 bits per heavy atom. The van der Waals surface area contributed by atoms with Crippen molar-refractivity contribution >= 4 is 31.5 Å². The minimum atomic E-state index is -0.436. The largest absolute Gasteiger partial charge is 0.457 e. The predicted molar refractivity (Wildman–Crippen MR) is 213 cm³/mol. The molecular weight excluding hydrogens is 637 g/mol. The molecule has 0 fully saturated rings. The predicted octanol–water partition coefficient (Wildman–Crippen LogP) is 13.5. The van der Waals surface area contributed by atoms with E-state index in [1.165, 1.54) is 81.4 Å². The summed E-state index contributed by atoms with van der Waals surface area (Å²) in [6.07, 6.45) is 0. The molecule has 9 aromatic rings. The van der Waals surface area contributed by atoms with E-state index >= 15 is 0 Å². The van der Waals surface area contributed by atoms with Crippen LogP contribution in [0.2, 0.25) is 0 Å². The number of hydrogen-bond donors (Lipinski definition) is 0. The molecule has 8 aromatic carbocycles. The van der Waals surface area contributed by atoms with Gasteiger partial charge in [0, 0.05) is 31.3 Å². The Morgan fingerprint density at radius 3 is 1.59 bits per heavy atom. The van der Waals surface area contributed by atoms with E-state index in [-0.39, 0.29) is 0 Å². The van der Waals surface area contributed by atoms with E-state index in [4.69, 9.17) is 4.74 Å². The highest BCUT2D eigenvalue weighted by Gasteiger charge is 2.50. The van der Waals surface area contributed by atoms with E-state index < -0.39 is 5.41 Å². The second kappa shape index (κ2) is 10.9. The number of ether oxygens (including phenoxy) is 1. The van der Waals surface area contributed by atoms with Crippen LogP contribution in [0.1, 0.15) is 22.3 Å². The molecule has 1 aromatic heterocycles. The zero-order valence-corrected chi connectivity index (χ0v) is 28.5. The molecule has 1 nitrogen and oxygen atoms in total. The highest BCUT2D eigenvalue weighted by atomic mass is 32.1. The second-order valence-corrected chi connectivity index (χ2v) is 14.6. The molecule has 0 bridgehead atoms. The molecule has 2 heterocycles. The zero-order valence-electron chi connectivity index (χ0n) is 27.6. The lowest BCUT2D eigenvalue weighted by atomic mass is 9.66. The first-order valence-electron chi connectivity index (χ1n) is 17.5. The number of benzene rings is 8.